The van der Waals surface area contributed by atoms with Gasteiger partial charge in [-0.25, -0.2) is 4.98 Å². The van der Waals surface area contributed by atoms with E-state index in [4.69, 9.17) is 10.2 Å². The van der Waals surface area contributed by atoms with Gasteiger partial charge in [0.05, 0.1) is 11.6 Å². The van der Waals surface area contributed by atoms with Gasteiger partial charge >= 0.3 is 0 Å². The summed E-state index contributed by atoms with van der Waals surface area (Å²) in [7, 11) is 3.89. The van der Waals surface area contributed by atoms with E-state index in [-0.39, 0.29) is 11.9 Å². The molecule has 0 bridgehead atoms. The third-order valence-corrected chi connectivity index (χ3v) is 7.76. The largest absolute Gasteiger partial charge is 0.419 e. The van der Waals surface area contributed by atoms with Crippen molar-refractivity contribution in [2.75, 3.05) is 25.5 Å². The van der Waals surface area contributed by atoms with E-state index in [1.54, 1.807) is 11.3 Å². The molecule has 2 unspecified atom stereocenters. The number of rotatable bonds is 7. The van der Waals surface area contributed by atoms with Crippen molar-refractivity contribution in [1.29, 1.82) is 0 Å². The lowest BCUT2D eigenvalue weighted by Gasteiger charge is -2.24. The van der Waals surface area contributed by atoms with Crippen LogP contribution in [0.15, 0.2) is 58.3 Å². The minimum atomic E-state index is -0.834. The average Bonchev–Trinajstić information content (AvgIpc) is 3.64. The van der Waals surface area contributed by atoms with Gasteiger partial charge in [0, 0.05) is 48.5 Å². The molecule has 2 N–H and O–H groups in total. The fraction of sp³-hybridized carbons (Fsp3) is 0.357. The number of aryl methyl sites for hydroxylation is 1. The van der Waals surface area contributed by atoms with Gasteiger partial charge in [0.15, 0.2) is 0 Å². The predicted octanol–water partition coefficient (Wildman–Crippen LogP) is 4.96. The van der Waals surface area contributed by atoms with E-state index in [1.807, 2.05) is 91.7 Å². The molecule has 1 aliphatic heterocycles. The molecule has 192 valence electrons. The fourth-order valence-corrected chi connectivity index (χ4v) is 5.68. The molecular formula is C28H32N6O2S. The first-order chi connectivity index (χ1) is 17.7. The van der Waals surface area contributed by atoms with Crippen molar-refractivity contribution < 1.29 is 9.21 Å². The summed E-state index contributed by atoms with van der Waals surface area (Å²) >= 11 is 1.62. The minimum Gasteiger partial charge on any atom is -0.419 e. The molecule has 0 aliphatic carbocycles. The summed E-state index contributed by atoms with van der Waals surface area (Å²) in [5, 5.41) is 11.6. The molecule has 1 saturated heterocycles. The van der Waals surface area contributed by atoms with E-state index >= 15 is 0 Å². The molecule has 0 saturated carbocycles. The summed E-state index contributed by atoms with van der Waals surface area (Å²) in [6.07, 6.45) is 2.44. The van der Waals surface area contributed by atoms with E-state index in [0.717, 1.165) is 34.8 Å². The zero-order valence-corrected chi connectivity index (χ0v) is 22.5. The van der Waals surface area contributed by atoms with Gasteiger partial charge in [0.25, 0.3) is 5.91 Å². The van der Waals surface area contributed by atoms with Crippen LogP contribution in [0, 0.1) is 6.92 Å². The highest BCUT2D eigenvalue weighted by Gasteiger charge is 2.33. The number of nitrogens with zero attached hydrogens (tertiary/aromatic N) is 5. The first-order valence-electron chi connectivity index (χ1n) is 12.4. The van der Waals surface area contributed by atoms with E-state index in [1.165, 1.54) is 0 Å². The molecule has 9 heteroatoms. The van der Waals surface area contributed by atoms with Crippen LogP contribution in [0.1, 0.15) is 58.3 Å². The van der Waals surface area contributed by atoms with Crippen LogP contribution in [0.2, 0.25) is 0 Å². The fourth-order valence-electron chi connectivity index (χ4n) is 4.74. The van der Waals surface area contributed by atoms with Crippen LogP contribution in [-0.2, 0) is 12.0 Å². The molecule has 5 rings (SSSR count). The number of benzene rings is 2. The molecule has 3 heterocycles. The summed E-state index contributed by atoms with van der Waals surface area (Å²) in [4.78, 5) is 22.3. The minimum absolute atomic E-state index is 0.00334. The Bertz CT molecular complexity index is 1390. The number of aromatic nitrogens is 3. The van der Waals surface area contributed by atoms with Gasteiger partial charge < -0.3 is 20.0 Å². The SMILES string of the molecule is Cc1csc(C2CCCN2C(=O)c2cc(-c3nnc(C(C)(N)Cc4ccccc4)o3)cc(N(C)C)c2)n1. The van der Waals surface area contributed by atoms with Crippen molar-refractivity contribution in [3.63, 3.8) is 0 Å². The third-order valence-electron chi connectivity index (χ3n) is 6.69. The van der Waals surface area contributed by atoms with Crippen molar-refractivity contribution >= 4 is 22.9 Å². The second-order valence-electron chi connectivity index (χ2n) is 10.1. The van der Waals surface area contributed by atoms with Gasteiger partial charge in [-0.1, -0.05) is 30.3 Å². The first-order valence-corrected chi connectivity index (χ1v) is 13.3. The molecule has 1 fully saturated rings. The molecule has 2 aromatic carbocycles. The summed E-state index contributed by atoms with van der Waals surface area (Å²) < 4.78 is 6.10. The maximum atomic E-state index is 13.8. The second kappa shape index (κ2) is 10.1. The van der Waals surface area contributed by atoms with E-state index in [9.17, 15) is 4.79 Å². The van der Waals surface area contributed by atoms with E-state index < -0.39 is 5.54 Å². The van der Waals surface area contributed by atoms with Crippen molar-refractivity contribution in [2.24, 2.45) is 5.73 Å². The third kappa shape index (κ3) is 5.28. The monoisotopic (exact) mass is 516 g/mol. The molecule has 4 aromatic rings. The Morgan fingerprint density at radius 1 is 1.22 bits per heavy atom. The Morgan fingerprint density at radius 3 is 2.70 bits per heavy atom. The molecule has 1 amide bonds. The van der Waals surface area contributed by atoms with Gasteiger partial charge in [0.1, 0.15) is 5.01 Å². The highest BCUT2D eigenvalue weighted by Crippen LogP contribution is 2.36. The maximum Gasteiger partial charge on any atom is 0.254 e. The number of hydrogen-bond donors (Lipinski definition) is 1. The van der Waals surface area contributed by atoms with Gasteiger partial charge in [-0.2, -0.15) is 0 Å². The highest BCUT2D eigenvalue weighted by atomic mass is 32.1. The summed E-state index contributed by atoms with van der Waals surface area (Å²) in [5.41, 5.74) is 9.99. The van der Waals surface area contributed by atoms with Gasteiger partial charge in [-0.15, -0.1) is 21.5 Å². The maximum absolute atomic E-state index is 13.8. The Balaban J connectivity index is 1.45. The zero-order valence-electron chi connectivity index (χ0n) is 21.6. The Hall–Kier alpha value is -3.56. The predicted molar refractivity (Wildman–Crippen MR) is 146 cm³/mol. The van der Waals surface area contributed by atoms with Crippen LogP contribution in [-0.4, -0.2) is 46.6 Å². The summed E-state index contributed by atoms with van der Waals surface area (Å²) in [5.74, 6) is 0.673. The number of thiazole rings is 1. The second-order valence-corrected chi connectivity index (χ2v) is 11.0. The standard InChI is InChI=1S/C28H32N6O2S/c1-18-17-37-25(30-18)23-11-8-12-34(23)26(35)21-13-20(14-22(15-21)33(3)4)24-31-32-27(36-24)28(2,29)16-19-9-6-5-7-10-19/h5-7,9-10,13-15,17,23H,8,11-12,16,29H2,1-4H3. The number of carbonyl (C=O) groups excluding carboxylic acids is 1. The quantitative estimate of drug-likeness (QED) is 0.370. The lowest BCUT2D eigenvalue weighted by molar-refractivity contribution is 0.0735. The van der Waals surface area contributed by atoms with Gasteiger partial charge in [0.2, 0.25) is 11.8 Å². The molecular weight excluding hydrogens is 484 g/mol. The average molecular weight is 517 g/mol. The molecule has 2 aromatic heterocycles. The molecule has 0 radical (unpaired) electrons. The van der Waals surface area contributed by atoms with Crippen LogP contribution in [0.3, 0.4) is 0 Å². The van der Waals surface area contributed by atoms with Crippen molar-refractivity contribution in [2.45, 2.75) is 44.7 Å². The number of hydrogen-bond acceptors (Lipinski definition) is 8. The number of carbonyl (C=O) groups is 1. The van der Waals surface area contributed by atoms with Gasteiger partial charge in [-0.3, -0.25) is 4.79 Å². The van der Waals surface area contributed by atoms with E-state index in [0.29, 0.717) is 35.9 Å². The lowest BCUT2D eigenvalue weighted by atomic mass is 9.94. The molecule has 37 heavy (non-hydrogen) atoms. The van der Waals surface area contributed by atoms with Crippen molar-refractivity contribution in [1.82, 2.24) is 20.1 Å². The molecule has 8 nitrogen and oxygen atoms in total. The summed E-state index contributed by atoms with van der Waals surface area (Å²) in [6, 6.07) is 15.7. The first kappa shape index (κ1) is 25.1. The molecule has 2 atom stereocenters. The summed E-state index contributed by atoms with van der Waals surface area (Å²) in [6.45, 7) is 4.58. The Labute approximate surface area is 221 Å². The normalized spacial score (nSPS) is 17.1. The van der Waals surface area contributed by atoms with E-state index in [2.05, 4.69) is 15.2 Å². The zero-order chi connectivity index (χ0) is 26.2. The number of amides is 1. The van der Waals surface area contributed by atoms with Crippen LogP contribution in [0.25, 0.3) is 11.5 Å². The van der Waals surface area contributed by atoms with Crippen molar-refractivity contribution in [3.8, 4) is 11.5 Å². The molecule has 1 aliphatic rings. The smallest absolute Gasteiger partial charge is 0.254 e. The molecule has 0 spiro atoms. The lowest BCUT2D eigenvalue weighted by Crippen LogP contribution is -2.35. The van der Waals surface area contributed by atoms with Crippen LogP contribution < -0.4 is 10.6 Å². The van der Waals surface area contributed by atoms with Crippen LogP contribution in [0.5, 0.6) is 0 Å². The highest BCUT2D eigenvalue weighted by molar-refractivity contribution is 7.09. The van der Waals surface area contributed by atoms with Crippen molar-refractivity contribution in [3.05, 3.63) is 81.6 Å². The Kier molecular flexibility index (Phi) is 6.83. The topological polar surface area (TPSA) is 101 Å². The number of nitrogens with two attached hydrogens (primary N) is 1. The van der Waals surface area contributed by atoms with Gasteiger partial charge in [-0.05, 0) is 56.9 Å². The van der Waals surface area contributed by atoms with Crippen LogP contribution in [0.4, 0.5) is 5.69 Å². The van der Waals surface area contributed by atoms with Crippen LogP contribution >= 0.6 is 11.3 Å². The number of anilines is 1. The Morgan fingerprint density at radius 2 is 2.00 bits per heavy atom. The number of likely N-dealkylation sites (tertiary alicyclic amines) is 1.